The zero-order valence-corrected chi connectivity index (χ0v) is 12.9. The maximum Gasteiger partial charge on any atom is 0.132 e. The van der Waals surface area contributed by atoms with Crippen molar-refractivity contribution in [1.29, 1.82) is 0 Å². The molecule has 1 nitrogen and oxygen atoms in total. The summed E-state index contributed by atoms with van der Waals surface area (Å²) in [7, 11) is 0. The summed E-state index contributed by atoms with van der Waals surface area (Å²) in [6.45, 7) is 1.68. The van der Waals surface area contributed by atoms with Crippen molar-refractivity contribution >= 4 is 43.2 Å². The Hall–Kier alpha value is -0.230. The van der Waals surface area contributed by atoms with E-state index in [-0.39, 0.29) is 5.82 Å². The first kappa shape index (κ1) is 13.2. The van der Waals surface area contributed by atoms with E-state index in [1.165, 1.54) is 11.3 Å². The molecule has 2 aromatic rings. The highest BCUT2D eigenvalue weighted by Crippen LogP contribution is 2.38. The number of hydrogen-bond donors (Lipinski definition) is 1. The highest BCUT2D eigenvalue weighted by Gasteiger charge is 2.20. The van der Waals surface area contributed by atoms with Crippen LogP contribution in [-0.2, 0) is 0 Å². The van der Waals surface area contributed by atoms with Crippen molar-refractivity contribution < 1.29 is 9.50 Å². The number of hydrogen-bond acceptors (Lipinski definition) is 2. The Balaban J connectivity index is 2.47. The lowest BCUT2D eigenvalue weighted by Crippen LogP contribution is -2.03. The summed E-state index contributed by atoms with van der Waals surface area (Å²) >= 11 is 8.16. The van der Waals surface area contributed by atoms with E-state index in [1.54, 1.807) is 31.2 Å². The number of aliphatic hydroxyl groups excluding tert-OH is 1. The first-order chi connectivity index (χ1) is 8.00. The molecule has 0 aliphatic carbocycles. The van der Waals surface area contributed by atoms with Gasteiger partial charge >= 0.3 is 0 Å². The van der Waals surface area contributed by atoms with Crippen molar-refractivity contribution in [1.82, 2.24) is 0 Å². The predicted octanol–water partition coefficient (Wildman–Crippen LogP) is 4.80. The summed E-state index contributed by atoms with van der Waals surface area (Å²) in [5, 5.41) is 10.2. The van der Waals surface area contributed by atoms with Gasteiger partial charge in [-0.15, -0.1) is 11.3 Å². The van der Waals surface area contributed by atoms with Gasteiger partial charge in [-0.3, -0.25) is 0 Å². The minimum Gasteiger partial charge on any atom is -0.383 e. The Morgan fingerprint density at radius 1 is 1.29 bits per heavy atom. The van der Waals surface area contributed by atoms with Gasteiger partial charge in [0, 0.05) is 11.1 Å². The van der Waals surface area contributed by atoms with E-state index < -0.39 is 6.10 Å². The topological polar surface area (TPSA) is 20.2 Å². The van der Waals surface area contributed by atoms with Gasteiger partial charge < -0.3 is 5.11 Å². The summed E-state index contributed by atoms with van der Waals surface area (Å²) < 4.78 is 15.6. The molecule has 1 atom stereocenters. The van der Waals surface area contributed by atoms with Crippen LogP contribution < -0.4 is 0 Å². The van der Waals surface area contributed by atoms with Crippen LogP contribution in [0.3, 0.4) is 0 Å². The first-order valence-electron chi connectivity index (χ1n) is 4.88. The molecular formula is C12H9Br2FOS. The average Bonchev–Trinajstić information content (AvgIpc) is 2.61. The van der Waals surface area contributed by atoms with Gasteiger partial charge in [-0.05, 0) is 50.4 Å². The van der Waals surface area contributed by atoms with Crippen LogP contribution in [0, 0.1) is 12.7 Å². The van der Waals surface area contributed by atoms with Crippen LogP contribution in [0.15, 0.2) is 31.8 Å². The molecule has 0 aliphatic rings. The quantitative estimate of drug-likeness (QED) is 0.794. The van der Waals surface area contributed by atoms with Crippen LogP contribution in [0.5, 0.6) is 0 Å². The third kappa shape index (κ3) is 2.62. The van der Waals surface area contributed by atoms with E-state index in [1.807, 2.05) is 0 Å². The molecule has 17 heavy (non-hydrogen) atoms. The van der Waals surface area contributed by atoms with Gasteiger partial charge in [0.1, 0.15) is 11.9 Å². The van der Waals surface area contributed by atoms with Gasteiger partial charge in [0.15, 0.2) is 0 Å². The summed E-state index contributed by atoms with van der Waals surface area (Å²) in [4.78, 5) is 0. The molecule has 0 amide bonds. The molecule has 0 aliphatic heterocycles. The summed E-state index contributed by atoms with van der Waals surface area (Å²) in [6, 6.07) is 6.82. The van der Waals surface area contributed by atoms with Crippen molar-refractivity contribution in [2.75, 3.05) is 0 Å². The SMILES string of the molecule is Cc1cccc(C(O)c2cc(Br)sc2Br)c1F. The number of halogens is 3. The van der Waals surface area contributed by atoms with Gasteiger partial charge in [0.2, 0.25) is 0 Å². The Morgan fingerprint density at radius 3 is 2.59 bits per heavy atom. The van der Waals surface area contributed by atoms with Crippen LogP contribution in [0.1, 0.15) is 22.8 Å². The summed E-state index contributed by atoms with van der Waals surface area (Å²) in [5.74, 6) is -0.353. The first-order valence-corrected chi connectivity index (χ1v) is 7.28. The van der Waals surface area contributed by atoms with E-state index in [0.717, 1.165) is 7.57 Å². The molecule has 1 aromatic heterocycles. The summed E-state index contributed by atoms with van der Waals surface area (Å²) in [5.41, 5.74) is 1.51. The number of aliphatic hydroxyl groups is 1. The van der Waals surface area contributed by atoms with Crippen LogP contribution in [0.4, 0.5) is 4.39 Å². The molecule has 1 N–H and O–H groups in total. The molecule has 0 spiro atoms. The molecule has 0 saturated heterocycles. The molecular weight excluding hydrogens is 371 g/mol. The van der Waals surface area contributed by atoms with E-state index in [9.17, 15) is 9.50 Å². The maximum absolute atomic E-state index is 13.9. The molecule has 1 unspecified atom stereocenters. The van der Waals surface area contributed by atoms with Gasteiger partial charge in [-0.2, -0.15) is 0 Å². The molecule has 1 heterocycles. The van der Waals surface area contributed by atoms with Crippen molar-refractivity contribution in [3.05, 3.63) is 54.3 Å². The monoisotopic (exact) mass is 378 g/mol. The zero-order chi connectivity index (χ0) is 12.6. The molecule has 90 valence electrons. The second-order valence-corrected chi connectivity index (χ2v) is 7.41. The summed E-state index contributed by atoms with van der Waals surface area (Å²) in [6.07, 6.45) is -0.952. The van der Waals surface area contributed by atoms with Crippen molar-refractivity contribution in [3.63, 3.8) is 0 Å². The van der Waals surface area contributed by atoms with Crippen molar-refractivity contribution in [2.24, 2.45) is 0 Å². The Kier molecular flexibility index (Phi) is 4.02. The lowest BCUT2D eigenvalue weighted by molar-refractivity contribution is 0.214. The van der Waals surface area contributed by atoms with Crippen molar-refractivity contribution in [2.45, 2.75) is 13.0 Å². The standard InChI is InChI=1S/C12H9Br2FOS/c1-6-3-2-4-7(10(6)15)11(16)8-5-9(13)17-12(8)14/h2-5,11,16H,1H3. The molecule has 0 bridgehead atoms. The third-order valence-corrected chi connectivity index (χ3v) is 4.88. The van der Waals surface area contributed by atoms with Gasteiger partial charge in [-0.25, -0.2) is 4.39 Å². The third-order valence-electron chi connectivity index (χ3n) is 2.49. The van der Waals surface area contributed by atoms with Gasteiger partial charge in [0.25, 0.3) is 0 Å². The number of benzene rings is 1. The zero-order valence-electron chi connectivity index (χ0n) is 8.88. The molecule has 5 heteroatoms. The molecule has 0 saturated carbocycles. The van der Waals surface area contributed by atoms with E-state index in [0.29, 0.717) is 16.7 Å². The minimum absolute atomic E-state index is 0.302. The predicted molar refractivity (Wildman–Crippen MR) is 74.9 cm³/mol. The van der Waals surface area contributed by atoms with Crippen LogP contribution >= 0.6 is 43.2 Å². The van der Waals surface area contributed by atoms with Gasteiger partial charge in [0.05, 0.1) is 7.57 Å². The minimum atomic E-state index is -0.952. The lowest BCUT2D eigenvalue weighted by Gasteiger charge is -2.12. The number of aryl methyl sites for hydroxylation is 1. The maximum atomic E-state index is 13.9. The number of rotatable bonds is 2. The second-order valence-electron chi connectivity index (χ2n) is 3.66. The van der Waals surface area contributed by atoms with E-state index in [2.05, 4.69) is 31.9 Å². The average molecular weight is 380 g/mol. The molecule has 1 aromatic carbocycles. The normalized spacial score (nSPS) is 12.8. The fourth-order valence-corrected chi connectivity index (χ4v) is 4.47. The molecule has 0 radical (unpaired) electrons. The van der Waals surface area contributed by atoms with E-state index >= 15 is 0 Å². The fourth-order valence-electron chi connectivity index (χ4n) is 1.59. The van der Waals surface area contributed by atoms with Crippen molar-refractivity contribution in [3.8, 4) is 0 Å². The number of thiophene rings is 1. The molecule has 0 fully saturated rings. The Bertz CT molecular complexity index is 553. The van der Waals surface area contributed by atoms with Crippen LogP contribution in [0.2, 0.25) is 0 Å². The smallest absolute Gasteiger partial charge is 0.132 e. The van der Waals surface area contributed by atoms with E-state index in [4.69, 9.17) is 0 Å². The lowest BCUT2D eigenvalue weighted by atomic mass is 10.0. The van der Waals surface area contributed by atoms with Gasteiger partial charge in [-0.1, -0.05) is 18.2 Å². The fraction of sp³-hybridized carbons (Fsp3) is 0.167. The Labute approximate surface area is 120 Å². The second kappa shape index (κ2) is 5.18. The molecule has 2 rings (SSSR count). The largest absolute Gasteiger partial charge is 0.383 e. The highest BCUT2D eigenvalue weighted by molar-refractivity contribution is 9.12. The Morgan fingerprint density at radius 2 is 2.00 bits per heavy atom. The highest BCUT2D eigenvalue weighted by atomic mass is 79.9. The van der Waals surface area contributed by atoms with Crippen LogP contribution in [0.25, 0.3) is 0 Å². The van der Waals surface area contributed by atoms with Crippen LogP contribution in [-0.4, -0.2) is 5.11 Å².